The molecule has 0 N–H and O–H groups in total. The van der Waals surface area contributed by atoms with Crippen LogP contribution >= 0.6 is 0 Å². The Labute approximate surface area is 108 Å². The van der Waals surface area contributed by atoms with Gasteiger partial charge in [-0.2, -0.15) is 0 Å². The van der Waals surface area contributed by atoms with Gasteiger partial charge < -0.3 is 4.40 Å². The number of aromatic nitrogens is 2. The van der Waals surface area contributed by atoms with Crippen LogP contribution in [0.1, 0.15) is 32.4 Å². The molecule has 0 spiro atoms. The average Bonchev–Trinajstić information content (AvgIpc) is 2.94. The second-order valence-corrected chi connectivity index (χ2v) is 5.53. The molecule has 1 fully saturated rings. The maximum absolute atomic E-state index is 4.71. The standard InChI is InChI=1S/C15H21N3/c1-12(2)18-9-5-6-14(18)10-13-11-17-8-4-3-7-15(17)16-13/h3-4,7-8,11-12,14H,5-6,9-10H2,1-2H3. The lowest BCUT2D eigenvalue weighted by Gasteiger charge is -2.27. The SMILES string of the molecule is CC(C)N1CCCC1Cc1cn2ccccc2n1. The molecule has 1 saturated heterocycles. The van der Waals surface area contributed by atoms with E-state index in [1.807, 2.05) is 6.07 Å². The summed E-state index contributed by atoms with van der Waals surface area (Å²) in [5.41, 5.74) is 2.28. The molecular weight excluding hydrogens is 222 g/mol. The largest absolute Gasteiger partial charge is 0.307 e. The van der Waals surface area contributed by atoms with Crippen molar-refractivity contribution in [2.24, 2.45) is 0 Å². The van der Waals surface area contributed by atoms with E-state index in [0.29, 0.717) is 12.1 Å². The zero-order valence-electron chi connectivity index (χ0n) is 11.2. The lowest BCUT2D eigenvalue weighted by atomic mass is 10.1. The lowest BCUT2D eigenvalue weighted by molar-refractivity contribution is 0.202. The number of hydrogen-bond donors (Lipinski definition) is 0. The van der Waals surface area contributed by atoms with Gasteiger partial charge in [-0.1, -0.05) is 6.07 Å². The fourth-order valence-electron chi connectivity index (χ4n) is 3.08. The normalized spacial score (nSPS) is 21.2. The van der Waals surface area contributed by atoms with Crippen molar-refractivity contribution in [3.63, 3.8) is 0 Å². The first-order valence-corrected chi connectivity index (χ1v) is 6.92. The summed E-state index contributed by atoms with van der Waals surface area (Å²) in [6, 6.07) is 7.49. The van der Waals surface area contributed by atoms with Crippen LogP contribution in [-0.2, 0) is 6.42 Å². The van der Waals surface area contributed by atoms with Crippen molar-refractivity contribution < 1.29 is 0 Å². The Bertz CT molecular complexity index is 496. The minimum Gasteiger partial charge on any atom is -0.307 e. The number of rotatable bonds is 3. The van der Waals surface area contributed by atoms with E-state index in [-0.39, 0.29) is 0 Å². The summed E-state index contributed by atoms with van der Waals surface area (Å²) in [4.78, 5) is 7.32. The Hall–Kier alpha value is -1.35. The van der Waals surface area contributed by atoms with Crippen LogP contribution in [0, 0.1) is 0 Å². The molecular formula is C15H21N3. The molecule has 1 unspecified atom stereocenters. The van der Waals surface area contributed by atoms with Gasteiger partial charge in [-0.05, 0) is 45.4 Å². The van der Waals surface area contributed by atoms with Gasteiger partial charge in [0, 0.05) is 30.9 Å². The third-order valence-corrected chi connectivity index (χ3v) is 3.94. The molecule has 3 heteroatoms. The lowest BCUT2D eigenvalue weighted by Crippen LogP contribution is -2.36. The van der Waals surface area contributed by atoms with Crippen molar-refractivity contribution in [2.45, 2.75) is 45.2 Å². The highest BCUT2D eigenvalue weighted by Gasteiger charge is 2.27. The Kier molecular flexibility index (Phi) is 3.08. The monoisotopic (exact) mass is 243 g/mol. The molecule has 3 rings (SSSR count). The van der Waals surface area contributed by atoms with Gasteiger partial charge in [-0.15, -0.1) is 0 Å². The van der Waals surface area contributed by atoms with E-state index in [1.165, 1.54) is 25.1 Å². The minimum absolute atomic E-state index is 0.648. The molecule has 0 aliphatic carbocycles. The third-order valence-electron chi connectivity index (χ3n) is 3.94. The summed E-state index contributed by atoms with van der Waals surface area (Å²) < 4.78 is 2.12. The van der Waals surface area contributed by atoms with Crippen LogP contribution < -0.4 is 0 Å². The molecule has 1 aliphatic heterocycles. The number of pyridine rings is 1. The van der Waals surface area contributed by atoms with E-state index in [1.54, 1.807) is 0 Å². The highest BCUT2D eigenvalue weighted by molar-refractivity contribution is 5.39. The van der Waals surface area contributed by atoms with E-state index in [9.17, 15) is 0 Å². The Morgan fingerprint density at radius 1 is 1.39 bits per heavy atom. The summed E-state index contributed by atoms with van der Waals surface area (Å²) in [5.74, 6) is 0. The number of nitrogens with zero attached hydrogens (tertiary/aromatic N) is 3. The summed E-state index contributed by atoms with van der Waals surface area (Å²) in [6.07, 6.45) is 7.97. The molecule has 0 saturated carbocycles. The highest BCUT2D eigenvalue weighted by atomic mass is 15.2. The second kappa shape index (κ2) is 4.73. The smallest absolute Gasteiger partial charge is 0.136 e. The fourth-order valence-corrected chi connectivity index (χ4v) is 3.08. The molecule has 2 aromatic rings. The van der Waals surface area contributed by atoms with E-state index < -0.39 is 0 Å². The molecule has 0 bridgehead atoms. The van der Waals surface area contributed by atoms with Crippen molar-refractivity contribution in [3.05, 3.63) is 36.3 Å². The molecule has 0 amide bonds. The van der Waals surface area contributed by atoms with Gasteiger partial charge in [0.2, 0.25) is 0 Å². The summed E-state index contributed by atoms with van der Waals surface area (Å²) >= 11 is 0. The van der Waals surface area contributed by atoms with Gasteiger partial charge in [-0.25, -0.2) is 4.98 Å². The van der Waals surface area contributed by atoms with E-state index in [4.69, 9.17) is 4.98 Å². The highest BCUT2D eigenvalue weighted by Crippen LogP contribution is 2.23. The van der Waals surface area contributed by atoms with E-state index in [2.05, 4.69) is 47.7 Å². The van der Waals surface area contributed by atoms with Crippen molar-refractivity contribution in [1.82, 2.24) is 14.3 Å². The van der Waals surface area contributed by atoms with E-state index >= 15 is 0 Å². The number of likely N-dealkylation sites (tertiary alicyclic amines) is 1. The molecule has 1 atom stereocenters. The number of hydrogen-bond acceptors (Lipinski definition) is 2. The number of fused-ring (bicyclic) bond motifs is 1. The first-order chi connectivity index (χ1) is 8.74. The quantitative estimate of drug-likeness (QED) is 0.826. The molecule has 18 heavy (non-hydrogen) atoms. The van der Waals surface area contributed by atoms with Gasteiger partial charge in [0.1, 0.15) is 5.65 Å². The maximum Gasteiger partial charge on any atom is 0.136 e. The summed E-state index contributed by atoms with van der Waals surface area (Å²) in [5, 5.41) is 0. The van der Waals surface area contributed by atoms with Crippen molar-refractivity contribution in [1.29, 1.82) is 0 Å². The molecule has 0 radical (unpaired) electrons. The topological polar surface area (TPSA) is 20.5 Å². The van der Waals surface area contributed by atoms with Crippen LogP contribution in [0.25, 0.3) is 5.65 Å². The summed E-state index contributed by atoms with van der Waals surface area (Å²) in [7, 11) is 0. The molecule has 96 valence electrons. The third kappa shape index (κ3) is 2.15. The Balaban J connectivity index is 1.79. The van der Waals surface area contributed by atoms with Gasteiger partial charge >= 0.3 is 0 Å². The van der Waals surface area contributed by atoms with Crippen LogP contribution in [-0.4, -0.2) is 32.9 Å². The molecule has 0 aromatic carbocycles. The average molecular weight is 243 g/mol. The fraction of sp³-hybridized carbons (Fsp3) is 0.533. The van der Waals surface area contributed by atoms with Gasteiger partial charge in [0.15, 0.2) is 0 Å². The predicted octanol–water partition coefficient (Wildman–Crippen LogP) is 2.75. The van der Waals surface area contributed by atoms with Crippen LogP contribution in [0.5, 0.6) is 0 Å². The maximum atomic E-state index is 4.71. The zero-order valence-corrected chi connectivity index (χ0v) is 11.2. The van der Waals surface area contributed by atoms with Crippen LogP contribution in [0.3, 0.4) is 0 Å². The van der Waals surface area contributed by atoms with Crippen LogP contribution in [0.2, 0.25) is 0 Å². The first kappa shape index (κ1) is 11.7. The van der Waals surface area contributed by atoms with Crippen LogP contribution in [0.4, 0.5) is 0 Å². The van der Waals surface area contributed by atoms with Crippen LogP contribution in [0.15, 0.2) is 30.6 Å². The summed E-state index contributed by atoms with van der Waals surface area (Å²) in [6.45, 7) is 5.83. The Morgan fingerprint density at radius 3 is 3.06 bits per heavy atom. The van der Waals surface area contributed by atoms with Crippen molar-refractivity contribution >= 4 is 5.65 Å². The number of imidazole rings is 1. The molecule has 1 aliphatic rings. The first-order valence-electron chi connectivity index (χ1n) is 6.92. The predicted molar refractivity (Wildman–Crippen MR) is 73.8 cm³/mol. The van der Waals surface area contributed by atoms with Gasteiger partial charge in [0.05, 0.1) is 5.69 Å². The van der Waals surface area contributed by atoms with Gasteiger partial charge in [0.25, 0.3) is 0 Å². The molecule has 3 heterocycles. The van der Waals surface area contributed by atoms with Crippen molar-refractivity contribution in [2.75, 3.05) is 6.54 Å². The molecule has 2 aromatic heterocycles. The van der Waals surface area contributed by atoms with Crippen molar-refractivity contribution in [3.8, 4) is 0 Å². The van der Waals surface area contributed by atoms with Gasteiger partial charge in [-0.3, -0.25) is 4.90 Å². The molecule has 3 nitrogen and oxygen atoms in total. The minimum atomic E-state index is 0.648. The Morgan fingerprint density at radius 2 is 2.28 bits per heavy atom. The van der Waals surface area contributed by atoms with E-state index in [0.717, 1.165) is 12.1 Å². The second-order valence-electron chi connectivity index (χ2n) is 5.53. The zero-order chi connectivity index (χ0) is 12.5.